The monoisotopic (exact) mass is 201 g/mol. The van der Waals surface area contributed by atoms with Gasteiger partial charge in [-0.05, 0) is 42.5 Å². The molecule has 1 aliphatic rings. The number of rotatable bonds is 2. The van der Waals surface area contributed by atoms with Gasteiger partial charge in [-0.1, -0.05) is 12.1 Å². The summed E-state index contributed by atoms with van der Waals surface area (Å²) in [4.78, 5) is 11.2. The topological polar surface area (TPSA) is 29.1 Å². The second kappa shape index (κ2) is 3.89. The molecule has 2 nitrogen and oxygen atoms in total. The maximum atomic E-state index is 11.2. The number of hydrogen-bond acceptors (Lipinski definition) is 1. The summed E-state index contributed by atoms with van der Waals surface area (Å²) in [5, 5.41) is 2.91. The standard InChI is InChI=1S/C13H15NO/c1-3-4-10-8-11-5-6-13(15)14-12(11)7-9(10)2/h3,7-8H,1,4-6H2,2H3,(H,14,15). The first-order valence-electron chi connectivity index (χ1n) is 5.24. The summed E-state index contributed by atoms with van der Waals surface area (Å²) >= 11 is 0. The van der Waals surface area contributed by atoms with Crippen molar-refractivity contribution in [2.24, 2.45) is 0 Å². The van der Waals surface area contributed by atoms with E-state index in [4.69, 9.17) is 0 Å². The first-order valence-corrected chi connectivity index (χ1v) is 5.24. The number of fused-ring (bicyclic) bond motifs is 1. The van der Waals surface area contributed by atoms with Gasteiger partial charge in [0, 0.05) is 12.1 Å². The average molecular weight is 201 g/mol. The Morgan fingerprint density at radius 2 is 2.27 bits per heavy atom. The molecule has 2 heteroatoms. The fourth-order valence-corrected chi connectivity index (χ4v) is 1.96. The van der Waals surface area contributed by atoms with Crippen LogP contribution in [0.4, 0.5) is 5.69 Å². The van der Waals surface area contributed by atoms with Crippen LogP contribution in [0.15, 0.2) is 24.8 Å². The Morgan fingerprint density at radius 1 is 1.47 bits per heavy atom. The van der Waals surface area contributed by atoms with Gasteiger partial charge < -0.3 is 5.32 Å². The van der Waals surface area contributed by atoms with Gasteiger partial charge in [-0.2, -0.15) is 0 Å². The summed E-state index contributed by atoms with van der Waals surface area (Å²) in [6.07, 6.45) is 4.26. The highest BCUT2D eigenvalue weighted by Crippen LogP contribution is 2.26. The predicted molar refractivity (Wildman–Crippen MR) is 62.0 cm³/mol. The normalized spacial score (nSPS) is 14.3. The molecule has 0 spiro atoms. The molecule has 0 unspecified atom stereocenters. The largest absolute Gasteiger partial charge is 0.326 e. The van der Waals surface area contributed by atoms with E-state index in [1.54, 1.807) is 0 Å². The molecule has 0 bridgehead atoms. The molecular weight excluding hydrogens is 186 g/mol. The third-order valence-corrected chi connectivity index (χ3v) is 2.82. The molecule has 1 aliphatic heterocycles. The highest BCUT2D eigenvalue weighted by Gasteiger charge is 2.15. The van der Waals surface area contributed by atoms with Crippen LogP contribution in [-0.4, -0.2) is 5.91 Å². The van der Waals surface area contributed by atoms with Crippen molar-refractivity contribution in [3.63, 3.8) is 0 Å². The van der Waals surface area contributed by atoms with Crippen LogP contribution < -0.4 is 5.32 Å². The van der Waals surface area contributed by atoms with Crippen LogP contribution in [0.3, 0.4) is 0 Å². The lowest BCUT2D eigenvalue weighted by Gasteiger charge is -2.19. The third-order valence-electron chi connectivity index (χ3n) is 2.82. The summed E-state index contributed by atoms with van der Waals surface area (Å²) in [6, 6.07) is 4.25. The molecule has 1 heterocycles. The van der Waals surface area contributed by atoms with E-state index >= 15 is 0 Å². The molecule has 0 atom stereocenters. The van der Waals surface area contributed by atoms with Crippen LogP contribution in [0.25, 0.3) is 0 Å². The molecule has 0 saturated heterocycles. The maximum Gasteiger partial charge on any atom is 0.224 e. The van der Waals surface area contributed by atoms with Gasteiger partial charge in [0.1, 0.15) is 0 Å². The summed E-state index contributed by atoms with van der Waals surface area (Å²) in [5.74, 6) is 0.123. The van der Waals surface area contributed by atoms with E-state index in [-0.39, 0.29) is 5.91 Å². The van der Waals surface area contributed by atoms with Crippen LogP contribution in [0.2, 0.25) is 0 Å². The molecule has 78 valence electrons. The lowest BCUT2D eigenvalue weighted by atomic mass is 9.95. The van der Waals surface area contributed by atoms with Gasteiger partial charge in [0.25, 0.3) is 0 Å². The smallest absolute Gasteiger partial charge is 0.224 e. The van der Waals surface area contributed by atoms with E-state index in [2.05, 4.69) is 31.0 Å². The molecule has 0 radical (unpaired) electrons. The lowest BCUT2D eigenvalue weighted by Crippen LogP contribution is -2.19. The second-order valence-electron chi connectivity index (χ2n) is 3.98. The van der Waals surface area contributed by atoms with Crippen molar-refractivity contribution in [1.82, 2.24) is 0 Å². The van der Waals surface area contributed by atoms with Gasteiger partial charge in [0.2, 0.25) is 5.91 Å². The molecule has 0 fully saturated rings. The zero-order valence-electron chi connectivity index (χ0n) is 8.97. The number of amides is 1. The predicted octanol–water partition coefficient (Wildman–Crippen LogP) is 2.61. The van der Waals surface area contributed by atoms with Gasteiger partial charge in [0.15, 0.2) is 0 Å². The number of hydrogen-bond donors (Lipinski definition) is 1. The second-order valence-corrected chi connectivity index (χ2v) is 3.98. The van der Waals surface area contributed by atoms with Crippen molar-refractivity contribution in [2.45, 2.75) is 26.2 Å². The van der Waals surface area contributed by atoms with E-state index < -0.39 is 0 Å². The van der Waals surface area contributed by atoms with Crippen LogP contribution in [0.1, 0.15) is 23.1 Å². The van der Waals surface area contributed by atoms with Gasteiger partial charge in [-0.25, -0.2) is 0 Å². The van der Waals surface area contributed by atoms with Crippen LogP contribution >= 0.6 is 0 Å². The molecule has 0 aromatic heterocycles. The number of anilines is 1. The van der Waals surface area contributed by atoms with Crippen molar-refractivity contribution in [3.05, 3.63) is 41.5 Å². The Morgan fingerprint density at radius 3 is 3.00 bits per heavy atom. The van der Waals surface area contributed by atoms with Crippen LogP contribution in [0.5, 0.6) is 0 Å². The highest BCUT2D eigenvalue weighted by atomic mass is 16.1. The Kier molecular flexibility index (Phi) is 2.58. The summed E-state index contributed by atoms with van der Waals surface area (Å²) < 4.78 is 0. The molecule has 1 amide bonds. The zero-order chi connectivity index (χ0) is 10.8. The Balaban J connectivity index is 2.41. The first kappa shape index (κ1) is 9.97. The van der Waals surface area contributed by atoms with Crippen molar-refractivity contribution in [2.75, 3.05) is 5.32 Å². The minimum atomic E-state index is 0.123. The maximum absolute atomic E-state index is 11.2. The van der Waals surface area contributed by atoms with E-state index in [0.717, 1.165) is 18.5 Å². The first-order chi connectivity index (χ1) is 7.20. The average Bonchev–Trinajstić information content (AvgIpc) is 2.20. The minimum Gasteiger partial charge on any atom is -0.326 e. The van der Waals surface area contributed by atoms with E-state index in [1.807, 2.05) is 6.08 Å². The number of nitrogens with one attached hydrogen (secondary N) is 1. The Bertz CT molecular complexity index is 421. The SMILES string of the molecule is C=CCc1cc2c(cc1C)NC(=O)CC2. The lowest BCUT2D eigenvalue weighted by molar-refractivity contribution is -0.116. The van der Waals surface area contributed by atoms with E-state index in [0.29, 0.717) is 6.42 Å². The van der Waals surface area contributed by atoms with Crippen molar-refractivity contribution >= 4 is 11.6 Å². The molecule has 0 aliphatic carbocycles. The molecule has 0 saturated carbocycles. The summed E-state index contributed by atoms with van der Waals surface area (Å²) in [5.41, 5.74) is 4.75. The molecule has 15 heavy (non-hydrogen) atoms. The molecule has 1 aromatic rings. The van der Waals surface area contributed by atoms with Crippen LogP contribution in [0, 0.1) is 6.92 Å². The molecule has 1 aromatic carbocycles. The third kappa shape index (κ3) is 1.94. The number of carbonyl (C=O) groups excluding carboxylic acids is 1. The fraction of sp³-hybridized carbons (Fsp3) is 0.308. The molecule has 2 rings (SSSR count). The van der Waals surface area contributed by atoms with Crippen molar-refractivity contribution in [1.29, 1.82) is 0 Å². The number of allylic oxidation sites excluding steroid dienone is 1. The van der Waals surface area contributed by atoms with Gasteiger partial charge >= 0.3 is 0 Å². The van der Waals surface area contributed by atoms with E-state index in [9.17, 15) is 4.79 Å². The van der Waals surface area contributed by atoms with Gasteiger partial charge in [-0.15, -0.1) is 6.58 Å². The molecule has 1 N–H and O–H groups in total. The Hall–Kier alpha value is -1.57. The van der Waals surface area contributed by atoms with Gasteiger partial charge in [-0.3, -0.25) is 4.79 Å². The summed E-state index contributed by atoms with van der Waals surface area (Å²) in [7, 11) is 0. The van der Waals surface area contributed by atoms with Crippen molar-refractivity contribution < 1.29 is 4.79 Å². The summed E-state index contributed by atoms with van der Waals surface area (Å²) in [6.45, 7) is 5.82. The zero-order valence-corrected chi connectivity index (χ0v) is 8.97. The van der Waals surface area contributed by atoms with Crippen LogP contribution in [-0.2, 0) is 17.6 Å². The number of benzene rings is 1. The highest BCUT2D eigenvalue weighted by molar-refractivity contribution is 5.94. The number of aryl methyl sites for hydroxylation is 2. The Labute approximate surface area is 90.0 Å². The van der Waals surface area contributed by atoms with E-state index in [1.165, 1.54) is 16.7 Å². The van der Waals surface area contributed by atoms with Gasteiger partial charge in [0.05, 0.1) is 0 Å². The molecular formula is C13H15NO. The quantitative estimate of drug-likeness (QED) is 0.732. The van der Waals surface area contributed by atoms with Crippen molar-refractivity contribution in [3.8, 4) is 0 Å². The minimum absolute atomic E-state index is 0.123. The fourth-order valence-electron chi connectivity index (χ4n) is 1.96. The number of carbonyl (C=O) groups is 1.